The van der Waals surface area contributed by atoms with Crippen LogP contribution < -0.4 is 5.32 Å². The van der Waals surface area contributed by atoms with Crippen LogP contribution in [-0.2, 0) is 37.4 Å². The second-order valence-corrected chi connectivity index (χ2v) is 8.10. The summed E-state index contributed by atoms with van der Waals surface area (Å²) in [5.41, 5.74) is 7.18. The van der Waals surface area contributed by atoms with E-state index in [1.807, 2.05) is 35.0 Å². The molecule has 2 aromatic carbocycles. The monoisotopic (exact) mass is 403 g/mol. The van der Waals surface area contributed by atoms with Gasteiger partial charge in [0.1, 0.15) is 0 Å². The maximum absolute atomic E-state index is 12.3. The van der Waals surface area contributed by atoms with Crippen molar-refractivity contribution in [1.82, 2.24) is 25.2 Å². The minimum atomic E-state index is 0.0448. The molecule has 1 aliphatic heterocycles. The van der Waals surface area contributed by atoms with Gasteiger partial charge >= 0.3 is 0 Å². The van der Waals surface area contributed by atoms with Crippen LogP contribution in [0.3, 0.4) is 0 Å². The van der Waals surface area contributed by atoms with Gasteiger partial charge in [-0.2, -0.15) is 0 Å². The van der Waals surface area contributed by atoms with Gasteiger partial charge in [-0.3, -0.25) is 9.69 Å². The van der Waals surface area contributed by atoms with Gasteiger partial charge in [-0.25, -0.2) is 4.68 Å². The van der Waals surface area contributed by atoms with Crippen molar-refractivity contribution in [3.63, 3.8) is 0 Å². The molecule has 6 heteroatoms. The van der Waals surface area contributed by atoms with Gasteiger partial charge in [-0.05, 0) is 36.1 Å². The molecule has 156 valence electrons. The molecule has 1 aromatic heterocycles. The first kappa shape index (κ1) is 20.3. The number of rotatable bonds is 7. The van der Waals surface area contributed by atoms with Crippen molar-refractivity contribution in [1.29, 1.82) is 0 Å². The van der Waals surface area contributed by atoms with E-state index in [0.717, 1.165) is 43.1 Å². The Balaban J connectivity index is 1.32. The molecule has 0 saturated carbocycles. The minimum absolute atomic E-state index is 0.0448. The van der Waals surface area contributed by atoms with Crippen LogP contribution in [0.1, 0.15) is 40.1 Å². The first-order chi connectivity index (χ1) is 14.6. The van der Waals surface area contributed by atoms with E-state index in [0.29, 0.717) is 19.4 Å². The molecule has 2 heterocycles. The van der Waals surface area contributed by atoms with Crippen LogP contribution >= 0.6 is 0 Å². The molecule has 0 unspecified atom stereocenters. The lowest BCUT2D eigenvalue weighted by atomic mass is 10.1. The molecule has 1 aliphatic rings. The highest BCUT2D eigenvalue weighted by atomic mass is 16.1. The van der Waals surface area contributed by atoms with E-state index < -0.39 is 0 Å². The second kappa shape index (κ2) is 9.22. The van der Waals surface area contributed by atoms with Gasteiger partial charge in [0.2, 0.25) is 5.91 Å². The van der Waals surface area contributed by atoms with Crippen LogP contribution in [0.25, 0.3) is 0 Å². The summed E-state index contributed by atoms with van der Waals surface area (Å²) in [7, 11) is 0. The van der Waals surface area contributed by atoms with Crippen LogP contribution in [-0.4, -0.2) is 32.3 Å². The normalized spacial score (nSPS) is 13.8. The zero-order chi connectivity index (χ0) is 20.9. The number of fused-ring (bicyclic) bond motifs is 1. The number of carbonyl (C=O) groups excluding carboxylic acids is 1. The topological polar surface area (TPSA) is 63.1 Å². The van der Waals surface area contributed by atoms with Gasteiger partial charge < -0.3 is 5.32 Å². The standard InChI is InChI=1S/C24H29N5O/c1-18-8-9-21(14-19(18)2)16-28-12-13-29-23(17-28)22(26-27-29)10-11-24(30)25-15-20-6-4-3-5-7-20/h3-9,14H,10-13,15-17H2,1-2H3,(H,25,30). The Labute approximate surface area is 177 Å². The van der Waals surface area contributed by atoms with E-state index >= 15 is 0 Å². The lowest BCUT2D eigenvalue weighted by Gasteiger charge is -2.27. The summed E-state index contributed by atoms with van der Waals surface area (Å²) >= 11 is 0. The van der Waals surface area contributed by atoms with E-state index in [1.165, 1.54) is 16.7 Å². The van der Waals surface area contributed by atoms with Crippen molar-refractivity contribution < 1.29 is 4.79 Å². The molecule has 0 fully saturated rings. The van der Waals surface area contributed by atoms with Crippen LogP contribution in [0.5, 0.6) is 0 Å². The molecule has 6 nitrogen and oxygen atoms in total. The van der Waals surface area contributed by atoms with Gasteiger partial charge in [-0.1, -0.05) is 53.7 Å². The fraction of sp³-hybridized carbons (Fsp3) is 0.375. The molecule has 30 heavy (non-hydrogen) atoms. The van der Waals surface area contributed by atoms with Crippen LogP contribution in [0.2, 0.25) is 0 Å². The lowest BCUT2D eigenvalue weighted by Crippen LogP contribution is -2.34. The van der Waals surface area contributed by atoms with Crippen molar-refractivity contribution in [2.45, 2.75) is 52.9 Å². The van der Waals surface area contributed by atoms with Crippen molar-refractivity contribution in [3.8, 4) is 0 Å². The molecule has 1 amide bonds. The molecule has 4 rings (SSSR count). The summed E-state index contributed by atoms with van der Waals surface area (Å²) in [6.07, 6.45) is 1.04. The lowest BCUT2D eigenvalue weighted by molar-refractivity contribution is -0.121. The first-order valence-corrected chi connectivity index (χ1v) is 10.6. The summed E-state index contributed by atoms with van der Waals surface area (Å²) in [6.45, 7) is 8.41. The number of aryl methyl sites for hydroxylation is 3. The maximum Gasteiger partial charge on any atom is 0.220 e. The molecular formula is C24H29N5O. The zero-order valence-corrected chi connectivity index (χ0v) is 17.8. The predicted molar refractivity (Wildman–Crippen MR) is 117 cm³/mol. The fourth-order valence-electron chi connectivity index (χ4n) is 3.85. The highest BCUT2D eigenvalue weighted by Crippen LogP contribution is 2.19. The van der Waals surface area contributed by atoms with Gasteiger partial charge in [0.15, 0.2) is 0 Å². The third-order valence-electron chi connectivity index (χ3n) is 5.82. The Hall–Kier alpha value is -2.99. The van der Waals surface area contributed by atoms with E-state index in [1.54, 1.807) is 0 Å². The Kier molecular flexibility index (Phi) is 6.23. The third kappa shape index (κ3) is 4.94. The molecule has 0 spiro atoms. The highest BCUT2D eigenvalue weighted by molar-refractivity contribution is 5.76. The average Bonchev–Trinajstić information content (AvgIpc) is 3.16. The van der Waals surface area contributed by atoms with E-state index in [9.17, 15) is 4.79 Å². The largest absolute Gasteiger partial charge is 0.352 e. The number of benzene rings is 2. The number of nitrogens with one attached hydrogen (secondary N) is 1. The zero-order valence-electron chi connectivity index (χ0n) is 17.8. The summed E-state index contributed by atoms with van der Waals surface area (Å²) in [4.78, 5) is 14.7. The Morgan fingerprint density at radius 3 is 2.67 bits per heavy atom. The van der Waals surface area contributed by atoms with Crippen molar-refractivity contribution in [3.05, 3.63) is 82.2 Å². The molecule has 0 atom stereocenters. The molecule has 0 radical (unpaired) electrons. The predicted octanol–water partition coefficient (Wildman–Crippen LogP) is 3.16. The minimum Gasteiger partial charge on any atom is -0.352 e. The fourth-order valence-corrected chi connectivity index (χ4v) is 3.85. The summed E-state index contributed by atoms with van der Waals surface area (Å²) in [5, 5.41) is 11.7. The van der Waals surface area contributed by atoms with Crippen molar-refractivity contribution >= 4 is 5.91 Å². The van der Waals surface area contributed by atoms with Crippen molar-refractivity contribution in [2.75, 3.05) is 6.54 Å². The number of aromatic nitrogens is 3. The molecule has 0 bridgehead atoms. The van der Waals surface area contributed by atoms with Crippen LogP contribution in [0, 0.1) is 13.8 Å². The van der Waals surface area contributed by atoms with Gasteiger partial charge in [0, 0.05) is 39.0 Å². The number of carbonyl (C=O) groups is 1. The third-order valence-corrected chi connectivity index (χ3v) is 5.82. The van der Waals surface area contributed by atoms with Crippen molar-refractivity contribution in [2.24, 2.45) is 0 Å². The molecule has 0 saturated heterocycles. The molecule has 1 N–H and O–H groups in total. The van der Waals surface area contributed by atoms with Gasteiger partial charge in [0.05, 0.1) is 17.9 Å². The average molecular weight is 404 g/mol. The van der Waals surface area contributed by atoms with E-state index in [4.69, 9.17) is 0 Å². The number of hydrogen-bond donors (Lipinski definition) is 1. The SMILES string of the molecule is Cc1ccc(CN2CCn3nnc(CCC(=O)NCc4ccccc4)c3C2)cc1C. The highest BCUT2D eigenvalue weighted by Gasteiger charge is 2.22. The van der Waals surface area contributed by atoms with E-state index in [-0.39, 0.29) is 5.91 Å². The molecular weight excluding hydrogens is 374 g/mol. The number of nitrogens with zero attached hydrogens (tertiary/aromatic N) is 4. The smallest absolute Gasteiger partial charge is 0.220 e. The maximum atomic E-state index is 12.3. The van der Waals surface area contributed by atoms with E-state index in [2.05, 4.69) is 52.6 Å². The Morgan fingerprint density at radius 2 is 1.87 bits per heavy atom. The number of amides is 1. The summed E-state index contributed by atoms with van der Waals surface area (Å²) < 4.78 is 1.99. The van der Waals surface area contributed by atoms with Gasteiger partial charge in [-0.15, -0.1) is 5.10 Å². The summed E-state index contributed by atoms with van der Waals surface area (Å²) in [5.74, 6) is 0.0448. The van der Waals surface area contributed by atoms with Gasteiger partial charge in [0.25, 0.3) is 0 Å². The summed E-state index contributed by atoms with van der Waals surface area (Å²) in [6, 6.07) is 16.6. The molecule has 3 aromatic rings. The Morgan fingerprint density at radius 1 is 1.03 bits per heavy atom. The second-order valence-electron chi connectivity index (χ2n) is 8.10. The molecule has 0 aliphatic carbocycles. The van der Waals surface area contributed by atoms with Crippen LogP contribution in [0.4, 0.5) is 0 Å². The number of hydrogen-bond acceptors (Lipinski definition) is 4. The van der Waals surface area contributed by atoms with Crippen LogP contribution in [0.15, 0.2) is 48.5 Å². The first-order valence-electron chi connectivity index (χ1n) is 10.6. The quantitative estimate of drug-likeness (QED) is 0.658. The Bertz CT molecular complexity index is 1010.